The number of aryl methyl sites for hydroxylation is 1. The van der Waals surface area contributed by atoms with E-state index in [0.29, 0.717) is 11.8 Å². The summed E-state index contributed by atoms with van der Waals surface area (Å²) in [7, 11) is 0. The second-order valence-corrected chi connectivity index (χ2v) is 7.77. The zero-order chi connectivity index (χ0) is 17.7. The van der Waals surface area contributed by atoms with Crippen molar-refractivity contribution in [2.45, 2.75) is 32.2 Å². The van der Waals surface area contributed by atoms with Gasteiger partial charge < -0.3 is 5.32 Å². The quantitative estimate of drug-likeness (QED) is 0.395. The highest BCUT2D eigenvalue weighted by molar-refractivity contribution is 9.10. The molecule has 0 spiro atoms. The number of hydrogen-bond acceptors (Lipinski definition) is 3. The maximum absolute atomic E-state index is 10.9. The third-order valence-electron chi connectivity index (χ3n) is 5.58. The Morgan fingerprint density at radius 3 is 2.64 bits per heavy atom. The molecule has 1 unspecified atom stereocenters. The van der Waals surface area contributed by atoms with Gasteiger partial charge in [0.2, 0.25) is 0 Å². The molecule has 0 bridgehead atoms. The Hall–Kier alpha value is -2.14. The number of nitrogens with zero attached hydrogens (tertiary/aromatic N) is 1. The van der Waals surface area contributed by atoms with Crippen molar-refractivity contribution in [3.8, 4) is 0 Å². The minimum atomic E-state index is -0.351. The highest BCUT2D eigenvalue weighted by Gasteiger charge is 2.39. The molecule has 5 heteroatoms. The fraction of sp³-hybridized carbons (Fsp3) is 0.300. The monoisotopic (exact) mass is 398 g/mol. The highest BCUT2D eigenvalue weighted by Crippen LogP contribution is 2.53. The van der Waals surface area contributed by atoms with Crippen LogP contribution < -0.4 is 5.32 Å². The lowest BCUT2D eigenvalue weighted by Crippen LogP contribution is -2.30. The predicted octanol–water partition coefficient (Wildman–Crippen LogP) is 5.80. The Bertz CT molecular complexity index is 890. The van der Waals surface area contributed by atoms with E-state index in [1.54, 1.807) is 12.1 Å². The number of rotatable bonds is 2. The van der Waals surface area contributed by atoms with Crippen LogP contribution in [-0.4, -0.2) is 4.92 Å². The molecular weight excluding hydrogens is 380 g/mol. The summed E-state index contributed by atoms with van der Waals surface area (Å²) < 4.78 is 1.08. The maximum Gasteiger partial charge on any atom is 0.269 e. The lowest BCUT2D eigenvalue weighted by atomic mass is 9.75. The van der Waals surface area contributed by atoms with E-state index < -0.39 is 0 Å². The van der Waals surface area contributed by atoms with E-state index in [9.17, 15) is 10.1 Å². The first-order valence-corrected chi connectivity index (χ1v) is 9.24. The van der Waals surface area contributed by atoms with Crippen molar-refractivity contribution >= 4 is 27.3 Å². The molecule has 0 amide bonds. The fourth-order valence-corrected chi connectivity index (χ4v) is 4.86. The summed E-state index contributed by atoms with van der Waals surface area (Å²) in [4.78, 5) is 10.6. The molecule has 0 aromatic heterocycles. The number of non-ortho nitro benzene ring substituents is 1. The van der Waals surface area contributed by atoms with Crippen LogP contribution in [0.15, 0.2) is 47.0 Å². The summed E-state index contributed by atoms with van der Waals surface area (Å²) in [5.74, 6) is 0.814. The molecule has 128 valence electrons. The van der Waals surface area contributed by atoms with Gasteiger partial charge in [-0.05, 0) is 70.4 Å². The summed E-state index contributed by atoms with van der Waals surface area (Å²) in [6.07, 6.45) is 5.60. The van der Waals surface area contributed by atoms with E-state index in [4.69, 9.17) is 0 Å². The van der Waals surface area contributed by atoms with Crippen molar-refractivity contribution in [2.75, 3.05) is 5.32 Å². The van der Waals surface area contributed by atoms with E-state index in [2.05, 4.69) is 53.3 Å². The summed E-state index contributed by atoms with van der Waals surface area (Å²) in [5.41, 5.74) is 6.39. The first-order chi connectivity index (χ1) is 12.0. The van der Waals surface area contributed by atoms with Crippen molar-refractivity contribution in [3.05, 3.63) is 79.3 Å². The summed E-state index contributed by atoms with van der Waals surface area (Å²) in [5, 5.41) is 14.6. The van der Waals surface area contributed by atoms with Crippen LogP contribution in [0.25, 0.3) is 0 Å². The van der Waals surface area contributed by atoms with Crippen molar-refractivity contribution < 1.29 is 4.92 Å². The molecule has 0 saturated carbocycles. The van der Waals surface area contributed by atoms with Gasteiger partial charge in [-0.15, -0.1) is 0 Å². The van der Waals surface area contributed by atoms with Crippen molar-refractivity contribution in [2.24, 2.45) is 5.92 Å². The standard InChI is InChI=1S/C20H19BrN2O2/c1-11-10-17(21)20-18(12(11)2)15-4-3-5-16(15)19(22-20)13-6-8-14(9-7-13)23(24)25/h3-4,6-10,15-16,19,22H,5H2,1-2H3/t15-,16+,19?/m1/s1. The molecule has 2 aromatic carbocycles. The molecule has 4 nitrogen and oxygen atoms in total. The molecule has 3 atom stereocenters. The van der Waals surface area contributed by atoms with E-state index in [0.717, 1.165) is 22.1 Å². The van der Waals surface area contributed by atoms with Gasteiger partial charge in [-0.3, -0.25) is 10.1 Å². The van der Waals surface area contributed by atoms with Gasteiger partial charge in [-0.2, -0.15) is 0 Å². The smallest absolute Gasteiger partial charge is 0.269 e. The largest absolute Gasteiger partial charge is 0.377 e. The lowest BCUT2D eigenvalue weighted by Gasteiger charge is -2.39. The number of nitrogens with one attached hydrogen (secondary N) is 1. The summed E-state index contributed by atoms with van der Waals surface area (Å²) >= 11 is 3.72. The Kier molecular flexibility index (Phi) is 3.91. The number of hydrogen-bond donors (Lipinski definition) is 1. The van der Waals surface area contributed by atoms with Crippen molar-refractivity contribution in [1.29, 1.82) is 0 Å². The van der Waals surface area contributed by atoms with E-state index in [1.807, 2.05) is 12.1 Å². The minimum absolute atomic E-state index is 0.133. The van der Waals surface area contributed by atoms with Crippen molar-refractivity contribution in [3.63, 3.8) is 0 Å². The molecule has 1 N–H and O–H groups in total. The summed E-state index contributed by atoms with van der Waals surface area (Å²) in [6.45, 7) is 4.34. The van der Waals surface area contributed by atoms with Gasteiger partial charge >= 0.3 is 0 Å². The first-order valence-electron chi connectivity index (χ1n) is 8.44. The zero-order valence-corrected chi connectivity index (χ0v) is 15.7. The van der Waals surface area contributed by atoms with E-state index in [-0.39, 0.29) is 16.7 Å². The Morgan fingerprint density at radius 1 is 1.24 bits per heavy atom. The second kappa shape index (κ2) is 5.99. The normalized spacial score (nSPS) is 23.7. The topological polar surface area (TPSA) is 55.2 Å². The zero-order valence-electron chi connectivity index (χ0n) is 14.1. The number of benzene rings is 2. The lowest BCUT2D eigenvalue weighted by molar-refractivity contribution is -0.384. The second-order valence-electron chi connectivity index (χ2n) is 6.91. The first kappa shape index (κ1) is 16.3. The van der Waals surface area contributed by atoms with Gasteiger partial charge in [0.25, 0.3) is 5.69 Å². The number of nitro benzene ring substituents is 1. The highest BCUT2D eigenvalue weighted by atomic mass is 79.9. The molecule has 0 fully saturated rings. The maximum atomic E-state index is 10.9. The van der Waals surface area contributed by atoms with Crippen LogP contribution in [0.3, 0.4) is 0 Å². The Morgan fingerprint density at radius 2 is 1.96 bits per heavy atom. The van der Waals surface area contributed by atoms with Crippen LogP contribution in [0.4, 0.5) is 11.4 Å². The van der Waals surface area contributed by atoms with Gasteiger partial charge in [-0.1, -0.05) is 24.3 Å². The van der Waals surface area contributed by atoms with Crippen LogP contribution in [0.5, 0.6) is 0 Å². The minimum Gasteiger partial charge on any atom is -0.377 e. The molecule has 2 aromatic rings. The molecule has 2 aliphatic rings. The number of nitro groups is 1. The van der Waals surface area contributed by atoms with Crippen molar-refractivity contribution in [1.82, 2.24) is 0 Å². The van der Waals surface area contributed by atoms with Gasteiger partial charge in [0, 0.05) is 22.5 Å². The van der Waals surface area contributed by atoms with Gasteiger partial charge in [0.15, 0.2) is 0 Å². The molecule has 25 heavy (non-hydrogen) atoms. The van der Waals surface area contributed by atoms with Gasteiger partial charge in [-0.25, -0.2) is 0 Å². The molecule has 0 saturated heterocycles. The molecule has 1 aliphatic carbocycles. The van der Waals surface area contributed by atoms with Crippen LogP contribution in [-0.2, 0) is 0 Å². The van der Waals surface area contributed by atoms with Crippen LogP contribution in [0, 0.1) is 29.9 Å². The molecule has 4 rings (SSSR count). The van der Waals surface area contributed by atoms with E-state index in [1.165, 1.54) is 16.7 Å². The third-order valence-corrected chi connectivity index (χ3v) is 6.21. The summed E-state index contributed by atoms with van der Waals surface area (Å²) in [6, 6.07) is 9.26. The average Bonchev–Trinajstić information content (AvgIpc) is 3.08. The fourth-order valence-electron chi connectivity index (χ4n) is 4.18. The van der Waals surface area contributed by atoms with Gasteiger partial charge in [0.1, 0.15) is 0 Å². The SMILES string of the molecule is Cc1cc(Br)c2c(c1C)[C@@H]1C=CC[C@@H]1C(c1ccc([N+](=O)[O-])cc1)N2. The van der Waals surface area contributed by atoms with E-state index >= 15 is 0 Å². The Balaban J connectivity index is 1.80. The molecule has 0 radical (unpaired) electrons. The third kappa shape index (κ3) is 2.58. The number of halogens is 1. The number of fused-ring (bicyclic) bond motifs is 3. The molecule has 1 aliphatic heterocycles. The predicted molar refractivity (Wildman–Crippen MR) is 103 cm³/mol. The van der Waals surface area contributed by atoms with Crippen LogP contribution >= 0.6 is 15.9 Å². The molecular formula is C20H19BrN2O2. The molecule has 1 heterocycles. The number of anilines is 1. The number of allylic oxidation sites excluding steroid dienone is 2. The van der Waals surface area contributed by atoms with Crippen LogP contribution in [0.2, 0.25) is 0 Å². The van der Waals surface area contributed by atoms with Crippen LogP contribution in [0.1, 0.15) is 40.6 Å². The Labute approximate surface area is 155 Å². The van der Waals surface area contributed by atoms with Gasteiger partial charge in [0.05, 0.1) is 16.7 Å². The average molecular weight is 399 g/mol.